The molecule has 142 valence electrons. The van der Waals surface area contributed by atoms with Crippen molar-refractivity contribution in [1.82, 2.24) is 20.2 Å². The Hall–Kier alpha value is -1.30. The van der Waals surface area contributed by atoms with E-state index < -0.39 is 0 Å². The molecule has 1 unspecified atom stereocenters. The minimum absolute atomic E-state index is 0.0751. The summed E-state index contributed by atoms with van der Waals surface area (Å²) in [5.41, 5.74) is 1.75. The molecule has 1 aliphatic rings. The predicted octanol–water partition coefficient (Wildman–Crippen LogP) is 4.49. The van der Waals surface area contributed by atoms with Gasteiger partial charge in [-0.05, 0) is 58.3 Å². The number of halogens is 2. The summed E-state index contributed by atoms with van der Waals surface area (Å²) in [6.07, 6.45) is 2.54. The lowest BCUT2D eigenvalue weighted by molar-refractivity contribution is -0.126. The van der Waals surface area contributed by atoms with Gasteiger partial charge in [0, 0.05) is 12.0 Å². The summed E-state index contributed by atoms with van der Waals surface area (Å²) < 4.78 is 2.15. The minimum atomic E-state index is -0.135. The quantitative estimate of drug-likeness (QED) is 0.782. The van der Waals surface area contributed by atoms with Gasteiger partial charge in [0.25, 0.3) is 0 Å². The number of fused-ring (bicyclic) bond motifs is 1. The number of imidazole rings is 1. The van der Waals surface area contributed by atoms with Crippen LogP contribution in [0.25, 0.3) is 11.0 Å². The fraction of sp³-hybridized carbons (Fsp3) is 0.579. The van der Waals surface area contributed by atoms with E-state index in [1.807, 2.05) is 6.07 Å². The van der Waals surface area contributed by atoms with Gasteiger partial charge in [0.2, 0.25) is 5.91 Å². The Kier molecular flexibility index (Phi) is 6.10. The number of piperidine rings is 1. The van der Waals surface area contributed by atoms with Gasteiger partial charge in [-0.1, -0.05) is 30.1 Å². The molecule has 2 N–H and O–H groups in total. The van der Waals surface area contributed by atoms with Crippen molar-refractivity contribution in [1.29, 1.82) is 0 Å². The molecule has 2 aromatic rings. The zero-order chi connectivity index (χ0) is 18.8. The summed E-state index contributed by atoms with van der Waals surface area (Å²) in [4.78, 5) is 17.5. The van der Waals surface area contributed by atoms with Crippen molar-refractivity contribution in [3.05, 3.63) is 28.0 Å². The Morgan fingerprint density at radius 3 is 2.58 bits per heavy atom. The van der Waals surface area contributed by atoms with Crippen molar-refractivity contribution in [2.24, 2.45) is 5.92 Å². The number of aromatic nitrogens is 2. The van der Waals surface area contributed by atoms with Crippen LogP contribution in [-0.4, -0.2) is 28.5 Å². The Balaban J connectivity index is 1.95. The van der Waals surface area contributed by atoms with Crippen LogP contribution < -0.4 is 10.6 Å². The van der Waals surface area contributed by atoms with E-state index in [4.69, 9.17) is 28.2 Å². The maximum absolute atomic E-state index is 12.7. The summed E-state index contributed by atoms with van der Waals surface area (Å²) >= 11 is 12.4. The molecule has 0 saturated carbocycles. The Bertz CT molecular complexity index is 796. The molecule has 0 radical (unpaired) electrons. The highest BCUT2D eigenvalue weighted by Gasteiger charge is 2.27. The monoisotopic (exact) mass is 396 g/mol. The zero-order valence-electron chi connectivity index (χ0n) is 15.5. The first-order valence-corrected chi connectivity index (χ1v) is 10.1. The van der Waals surface area contributed by atoms with E-state index in [-0.39, 0.29) is 23.9 Å². The second kappa shape index (κ2) is 8.15. The molecule has 1 aromatic carbocycles. The molecule has 1 saturated heterocycles. The van der Waals surface area contributed by atoms with Crippen molar-refractivity contribution in [2.45, 2.75) is 52.1 Å². The molecule has 5 nitrogen and oxygen atoms in total. The van der Waals surface area contributed by atoms with E-state index in [0.717, 1.165) is 49.2 Å². The fourth-order valence-electron chi connectivity index (χ4n) is 3.62. The molecule has 1 atom stereocenters. The lowest BCUT2D eigenvalue weighted by Crippen LogP contribution is -2.40. The van der Waals surface area contributed by atoms with Crippen LogP contribution in [0.1, 0.15) is 57.9 Å². The number of nitrogens with one attached hydrogen (secondary N) is 2. The molecule has 1 amide bonds. The maximum Gasteiger partial charge on any atom is 0.223 e. The molecule has 26 heavy (non-hydrogen) atoms. The van der Waals surface area contributed by atoms with Gasteiger partial charge in [-0.25, -0.2) is 4.98 Å². The fourth-order valence-corrected chi connectivity index (χ4v) is 3.94. The molecule has 7 heteroatoms. The van der Waals surface area contributed by atoms with E-state index >= 15 is 0 Å². The minimum Gasteiger partial charge on any atom is -0.346 e. The van der Waals surface area contributed by atoms with Crippen LogP contribution >= 0.6 is 23.2 Å². The van der Waals surface area contributed by atoms with Crippen LogP contribution in [0.15, 0.2) is 12.1 Å². The molecule has 0 spiro atoms. The first-order valence-electron chi connectivity index (χ1n) is 9.30. The number of carbonyl (C=O) groups is 1. The average molecular weight is 397 g/mol. The number of hydrogen-bond acceptors (Lipinski definition) is 3. The number of benzene rings is 1. The summed E-state index contributed by atoms with van der Waals surface area (Å²) in [7, 11) is 0. The van der Waals surface area contributed by atoms with Crippen LogP contribution in [0.2, 0.25) is 10.0 Å². The number of carbonyl (C=O) groups excluding carboxylic acids is 1. The van der Waals surface area contributed by atoms with Crippen LogP contribution in [0.4, 0.5) is 0 Å². The first kappa shape index (κ1) is 19.5. The highest BCUT2D eigenvalue weighted by Crippen LogP contribution is 2.32. The van der Waals surface area contributed by atoms with E-state index in [0.29, 0.717) is 10.0 Å². The first-order chi connectivity index (χ1) is 12.4. The van der Waals surface area contributed by atoms with Crippen molar-refractivity contribution >= 4 is 40.1 Å². The number of nitrogens with zero attached hydrogens (tertiary/aromatic N) is 2. The number of amides is 1. The second-order valence-electron chi connectivity index (χ2n) is 7.18. The van der Waals surface area contributed by atoms with E-state index in [9.17, 15) is 4.79 Å². The van der Waals surface area contributed by atoms with Gasteiger partial charge in [-0.2, -0.15) is 0 Å². The topological polar surface area (TPSA) is 59.0 Å². The van der Waals surface area contributed by atoms with Gasteiger partial charge in [-0.3, -0.25) is 4.79 Å². The Morgan fingerprint density at radius 1 is 1.31 bits per heavy atom. The van der Waals surface area contributed by atoms with Crippen LogP contribution in [0, 0.1) is 5.92 Å². The third-order valence-electron chi connectivity index (χ3n) is 5.02. The normalized spacial score (nSPS) is 17.0. The largest absolute Gasteiger partial charge is 0.346 e. The van der Waals surface area contributed by atoms with Crippen LogP contribution in [-0.2, 0) is 4.79 Å². The van der Waals surface area contributed by atoms with Gasteiger partial charge < -0.3 is 15.2 Å². The summed E-state index contributed by atoms with van der Waals surface area (Å²) in [6, 6.07) is 3.71. The standard InChI is InChI=1S/C19H26Cl2N4O/c1-4-15(24-19(26)12-5-7-22-8-6-12)18-23-16-9-13(20)14(21)10-17(16)25(18)11(2)3/h9-12,15,22H,4-8H2,1-3H3,(H,24,26). The lowest BCUT2D eigenvalue weighted by Gasteiger charge is -2.26. The van der Waals surface area contributed by atoms with Crippen molar-refractivity contribution in [2.75, 3.05) is 13.1 Å². The van der Waals surface area contributed by atoms with Gasteiger partial charge in [0.05, 0.1) is 27.1 Å². The number of rotatable bonds is 5. The van der Waals surface area contributed by atoms with Gasteiger partial charge >= 0.3 is 0 Å². The van der Waals surface area contributed by atoms with E-state index in [1.54, 1.807) is 6.07 Å². The molecular weight excluding hydrogens is 371 g/mol. The van der Waals surface area contributed by atoms with Gasteiger partial charge in [-0.15, -0.1) is 0 Å². The molecular formula is C19H26Cl2N4O. The maximum atomic E-state index is 12.7. The third kappa shape index (κ3) is 3.85. The summed E-state index contributed by atoms with van der Waals surface area (Å²) in [5, 5.41) is 7.53. The van der Waals surface area contributed by atoms with Gasteiger partial charge in [0.1, 0.15) is 5.82 Å². The van der Waals surface area contributed by atoms with Gasteiger partial charge in [0.15, 0.2) is 0 Å². The lowest BCUT2D eigenvalue weighted by atomic mass is 9.96. The molecule has 3 rings (SSSR count). The van der Waals surface area contributed by atoms with E-state index in [2.05, 4.69) is 36.0 Å². The Morgan fingerprint density at radius 2 is 1.96 bits per heavy atom. The van der Waals surface area contributed by atoms with Crippen LogP contribution in [0.5, 0.6) is 0 Å². The highest BCUT2D eigenvalue weighted by atomic mass is 35.5. The van der Waals surface area contributed by atoms with E-state index in [1.165, 1.54) is 0 Å². The molecule has 0 aliphatic carbocycles. The molecule has 0 bridgehead atoms. The molecule has 1 aliphatic heterocycles. The summed E-state index contributed by atoms with van der Waals surface area (Å²) in [5.74, 6) is 1.06. The van der Waals surface area contributed by atoms with Crippen molar-refractivity contribution in [3.63, 3.8) is 0 Å². The summed E-state index contributed by atoms with van der Waals surface area (Å²) in [6.45, 7) is 8.08. The van der Waals surface area contributed by atoms with Crippen LogP contribution in [0.3, 0.4) is 0 Å². The molecule has 2 heterocycles. The average Bonchev–Trinajstić information content (AvgIpc) is 2.98. The zero-order valence-corrected chi connectivity index (χ0v) is 17.0. The third-order valence-corrected chi connectivity index (χ3v) is 5.74. The molecule has 1 fully saturated rings. The molecule has 1 aromatic heterocycles. The Labute approximate surface area is 164 Å². The van der Waals surface area contributed by atoms with Crippen molar-refractivity contribution in [3.8, 4) is 0 Å². The highest BCUT2D eigenvalue weighted by molar-refractivity contribution is 6.42. The SMILES string of the molecule is CCC(NC(=O)C1CCNCC1)c1nc2cc(Cl)c(Cl)cc2n1C(C)C. The van der Waals surface area contributed by atoms with Crippen molar-refractivity contribution < 1.29 is 4.79 Å². The second-order valence-corrected chi connectivity index (χ2v) is 8.00. The smallest absolute Gasteiger partial charge is 0.223 e. The number of hydrogen-bond donors (Lipinski definition) is 2. The predicted molar refractivity (Wildman–Crippen MR) is 107 cm³/mol.